The maximum absolute atomic E-state index is 5.85. The highest BCUT2D eigenvalue weighted by atomic mass is 32.1. The summed E-state index contributed by atoms with van der Waals surface area (Å²) in [7, 11) is 1.77. The Labute approximate surface area is 106 Å². The van der Waals surface area contributed by atoms with Crippen LogP contribution < -0.4 is 10.6 Å². The average Bonchev–Trinajstić information content (AvgIpc) is 2.86. The second-order valence-electron chi connectivity index (χ2n) is 4.31. The summed E-state index contributed by atoms with van der Waals surface area (Å²) in [5, 5.41) is 1.01. The monoisotopic (exact) mass is 256 g/mol. The Balaban J connectivity index is 2.09. The Morgan fingerprint density at radius 2 is 2.41 bits per heavy atom. The molecule has 17 heavy (non-hydrogen) atoms. The summed E-state index contributed by atoms with van der Waals surface area (Å²) in [6.07, 6.45) is 3.24. The molecule has 2 heterocycles. The van der Waals surface area contributed by atoms with Crippen LogP contribution in [0.2, 0.25) is 0 Å². The number of hydrogen-bond acceptors (Lipinski definition) is 6. The largest absolute Gasteiger partial charge is 0.381 e. The van der Waals surface area contributed by atoms with Gasteiger partial charge in [0.05, 0.1) is 6.10 Å². The highest BCUT2D eigenvalue weighted by Gasteiger charge is 2.29. The van der Waals surface area contributed by atoms with E-state index in [1.807, 2.05) is 0 Å². The summed E-state index contributed by atoms with van der Waals surface area (Å²) in [5.41, 5.74) is 5.85. The van der Waals surface area contributed by atoms with Crippen molar-refractivity contribution < 1.29 is 4.74 Å². The topological polar surface area (TPSA) is 64.3 Å². The van der Waals surface area contributed by atoms with Gasteiger partial charge >= 0.3 is 0 Å². The van der Waals surface area contributed by atoms with Crippen LogP contribution in [-0.2, 0) is 11.2 Å². The Bertz CT molecular complexity index is 357. The number of piperidine rings is 1. The summed E-state index contributed by atoms with van der Waals surface area (Å²) in [4.78, 5) is 6.82. The van der Waals surface area contributed by atoms with Gasteiger partial charge in [-0.15, -0.1) is 0 Å². The predicted octanol–water partition coefficient (Wildman–Crippen LogP) is 1.04. The van der Waals surface area contributed by atoms with Crippen LogP contribution in [0.5, 0.6) is 0 Å². The SMILES string of the molecule is CCc1nsc(N2CCC(OC)CC2CN)n1. The molecule has 0 amide bonds. The number of ether oxygens (including phenoxy) is 1. The maximum Gasteiger partial charge on any atom is 0.205 e. The van der Waals surface area contributed by atoms with E-state index < -0.39 is 0 Å². The van der Waals surface area contributed by atoms with Crippen LogP contribution in [0.3, 0.4) is 0 Å². The van der Waals surface area contributed by atoms with Crippen LogP contribution in [0.1, 0.15) is 25.6 Å². The number of aromatic nitrogens is 2. The van der Waals surface area contributed by atoms with E-state index in [1.54, 1.807) is 7.11 Å². The van der Waals surface area contributed by atoms with Crippen molar-refractivity contribution in [3.8, 4) is 0 Å². The normalized spacial score (nSPS) is 25.2. The molecule has 96 valence electrons. The smallest absolute Gasteiger partial charge is 0.205 e. The second-order valence-corrected chi connectivity index (χ2v) is 5.04. The molecule has 0 aromatic carbocycles. The standard InChI is InChI=1S/C11H20N4OS/c1-3-10-13-11(17-14-10)15-5-4-9(16-2)6-8(15)7-12/h8-9H,3-7,12H2,1-2H3. The van der Waals surface area contributed by atoms with Crippen molar-refractivity contribution in [3.05, 3.63) is 5.82 Å². The molecule has 0 saturated carbocycles. The minimum atomic E-state index is 0.325. The lowest BCUT2D eigenvalue weighted by molar-refractivity contribution is 0.0709. The molecule has 1 aromatic rings. The molecule has 1 saturated heterocycles. The lowest BCUT2D eigenvalue weighted by Gasteiger charge is -2.38. The van der Waals surface area contributed by atoms with Gasteiger partial charge in [0.15, 0.2) is 0 Å². The quantitative estimate of drug-likeness (QED) is 0.872. The first-order valence-corrected chi connectivity index (χ1v) is 6.87. The zero-order valence-electron chi connectivity index (χ0n) is 10.4. The minimum absolute atomic E-state index is 0.325. The Kier molecular flexibility index (Phi) is 4.31. The van der Waals surface area contributed by atoms with E-state index in [1.165, 1.54) is 11.5 Å². The fraction of sp³-hybridized carbons (Fsp3) is 0.818. The fourth-order valence-corrected chi connectivity index (χ4v) is 3.06. The van der Waals surface area contributed by atoms with Gasteiger partial charge in [-0.05, 0) is 12.8 Å². The van der Waals surface area contributed by atoms with Crippen LogP contribution >= 0.6 is 11.5 Å². The van der Waals surface area contributed by atoms with Gasteiger partial charge in [0.2, 0.25) is 5.13 Å². The molecule has 2 rings (SSSR count). The van der Waals surface area contributed by atoms with E-state index in [0.717, 1.165) is 36.8 Å². The van der Waals surface area contributed by atoms with Crippen molar-refractivity contribution in [2.75, 3.05) is 25.1 Å². The molecular formula is C11H20N4OS. The van der Waals surface area contributed by atoms with Crippen molar-refractivity contribution in [1.82, 2.24) is 9.36 Å². The molecule has 1 aliphatic heterocycles. The highest BCUT2D eigenvalue weighted by Crippen LogP contribution is 2.27. The molecule has 6 heteroatoms. The fourth-order valence-electron chi connectivity index (χ4n) is 2.21. The molecule has 2 atom stereocenters. The molecule has 1 aromatic heterocycles. The minimum Gasteiger partial charge on any atom is -0.381 e. The van der Waals surface area contributed by atoms with Gasteiger partial charge in [-0.3, -0.25) is 0 Å². The lowest BCUT2D eigenvalue weighted by Crippen LogP contribution is -2.48. The highest BCUT2D eigenvalue weighted by molar-refractivity contribution is 7.09. The summed E-state index contributed by atoms with van der Waals surface area (Å²) >= 11 is 1.48. The van der Waals surface area contributed by atoms with Crippen LogP contribution in [0.15, 0.2) is 0 Å². The second kappa shape index (κ2) is 5.75. The third-order valence-corrected chi connectivity index (χ3v) is 4.08. The number of methoxy groups -OCH3 is 1. The van der Waals surface area contributed by atoms with E-state index in [2.05, 4.69) is 21.2 Å². The van der Waals surface area contributed by atoms with E-state index in [9.17, 15) is 0 Å². The van der Waals surface area contributed by atoms with E-state index in [0.29, 0.717) is 18.7 Å². The van der Waals surface area contributed by atoms with Crippen molar-refractivity contribution in [2.45, 2.75) is 38.3 Å². The summed E-state index contributed by atoms with van der Waals surface area (Å²) in [6, 6.07) is 0.325. The molecule has 0 radical (unpaired) electrons. The van der Waals surface area contributed by atoms with E-state index in [-0.39, 0.29) is 0 Å². The molecule has 0 spiro atoms. The van der Waals surface area contributed by atoms with Crippen molar-refractivity contribution >= 4 is 16.7 Å². The number of hydrogen-bond donors (Lipinski definition) is 1. The third-order valence-electron chi connectivity index (χ3n) is 3.29. The Morgan fingerprint density at radius 1 is 1.59 bits per heavy atom. The van der Waals surface area contributed by atoms with Gasteiger partial charge < -0.3 is 15.4 Å². The van der Waals surface area contributed by atoms with Crippen LogP contribution in [-0.4, -0.2) is 41.7 Å². The number of nitrogens with zero attached hydrogens (tertiary/aromatic N) is 3. The van der Waals surface area contributed by atoms with Crippen LogP contribution in [0, 0.1) is 0 Å². The third kappa shape index (κ3) is 2.75. The van der Waals surface area contributed by atoms with Gasteiger partial charge in [-0.2, -0.15) is 4.37 Å². The zero-order chi connectivity index (χ0) is 12.3. The maximum atomic E-state index is 5.85. The number of anilines is 1. The van der Waals surface area contributed by atoms with Gasteiger partial charge in [0.1, 0.15) is 5.82 Å². The predicted molar refractivity (Wildman–Crippen MR) is 69.5 cm³/mol. The van der Waals surface area contributed by atoms with Crippen molar-refractivity contribution in [3.63, 3.8) is 0 Å². The van der Waals surface area contributed by atoms with Gasteiger partial charge in [0.25, 0.3) is 0 Å². The first kappa shape index (κ1) is 12.7. The Hall–Kier alpha value is -0.720. The number of aryl methyl sites for hydroxylation is 1. The lowest BCUT2D eigenvalue weighted by atomic mass is 10.00. The van der Waals surface area contributed by atoms with Gasteiger partial charge in [-0.1, -0.05) is 6.92 Å². The first-order valence-electron chi connectivity index (χ1n) is 6.10. The molecule has 1 aliphatic rings. The number of nitrogens with two attached hydrogens (primary N) is 1. The van der Waals surface area contributed by atoms with Crippen molar-refractivity contribution in [1.29, 1.82) is 0 Å². The zero-order valence-corrected chi connectivity index (χ0v) is 11.2. The van der Waals surface area contributed by atoms with Crippen molar-refractivity contribution in [2.24, 2.45) is 5.73 Å². The van der Waals surface area contributed by atoms with Gasteiger partial charge in [-0.25, -0.2) is 4.98 Å². The molecular weight excluding hydrogens is 236 g/mol. The summed E-state index contributed by atoms with van der Waals surface area (Å²) < 4.78 is 9.75. The van der Waals surface area contributed by atoms with Crippen LogP contribution in [0.25, 0.3) is 0 Å². The first-order chi connectivity index (χ1) is 8.28. The van der Waals surface area contributed by atoms with Gasteiger partial charge in [0, 0.05) is 44.2 Å². The Morgan fingerprint density at radius 3 is 3.00 bits per heavy atom. The average molecular weight is 256 g/mol. The van der Waals surface area contributed by atoms with E-state index >= 15 is 0 Å². The van der Waals surface area contributed by atoms with Crippen LogP contribution in [0.4, 0.5) is 5.13 Å². The molecule has 0 aliphatic carbocycles. The van der Waals surface area contributed by atoms with E-state index in [4.69, 9.17) is 10.5 Å². The summed E-state index contributed by atoms with van der Waals surface area (Å²) in [5.74, 6) is 0.926. The molecule has 5 nitrogen and oxygen atoms in total. The molecule has 0 bridgehead atoms. The molecule has 2 N–H and O–H groups in total. The molecule has 1 fully saturated rings. The molecule has 2 unspecified atom stereocenters. The number of rotatable bonds is 4. The summed E-state index contributed by atoms with van der Waals surface area (Å²) in [6.45, 7) is 3.67.